The monoisotopic (exact) mass is 318 g/mol. The Morgan fingerprint density at radius 1 is 1.48 bits per heavy atom. The molecular weight excluding hydrogens is 300 g/mol. The van der Waals surface area contributed by atoms with Gasteiger partial charge in [-0.2, -0.15) is 4.68 Å². The number of ether oxygens (including phenoxy) is 1. The maximum absolute atomic E-state index is 12.2. The van der Waals surface area contributed by atoms with Crippen molar-refractivity contribution in [2.24, 2.45) is 5.92 Å². The molecule has 0 radical (unpaired) electrons. The van der Waals surface area contributed by atoms with Gasteiger partial charge in [-0.3, -0.25) is 4.79 Å². The first-order valence-corrected chi connectivity index (χ1v) is 7.04. The van der Waals surface area contributed by atoms with Crippen molar-refractivity contribution in [1.29, 1.82) is 0 Å². The third-order valence-corrected chi connectivity index (χ3v) is 3.39. The van der Waals surface area contributed by atoms with Gasteiger partial charge < -0.3 is 20.2 Å². The van der Waals surface area contributed by atoms with Crippen LogP contribution in [0.1, 0.15) is 12.6 Å². The largest absolute Gasteiger partial charge is 0.497 e. The number of aryl methyl sites for hydroxylation is 1. The highest BCUT2D eigenvalue weighted by Gasteiger charge is 2.20. The molecule has 0 bridgehead atoms. The molecule has 8 nitrogen and oxygen atoms in total. The standard InChI is InChI=1S/C15H18N4O4/c1-10(9-18-11(2)7-14(17-18)19(21)22)15(20)16-12-5-4-6-13(8-12)23-3/h4-8,10H,9H2,1-3H3,(H,16,20)/t10-/m0/s1. The van der Waals surface area contributed by atoms with Gasteiger partial charge in [-0.05, 0) is 24.0 Å². The lowest BCUT2D eigenvalue weighted by atomic mass is 10.1. The molecule has 8 heteroatoms. The van der Waals surface area contributed by atoms with Crippen molar-refractivity contribution in [2.75, 3.05) is 12.4 Å². The second-order valence-corrected chi connectivity index (χ2v) is 5.21. The molecule has 1 atom stereocenters. The predicted octanol–water partition coefficient (Wildman–Crippen LogP) is 2.38. The van der Waals surface area contributed by atoms with Gasteiger partial charge in [0.05, 0.1) is 36.4 Å². The van der Waals surface area contributed by atoms with Gasteiger partial charge in [-0.15, -0.1) is 0 Å². The maximum atomic E-state index is 12.2. The number of rotatable bonds is 6. The number of carbonyl (C=O) groups is 1. The second kappa shape index (κ2) is 6.91. The summed E-state index contributed by atoms with van der Waals surface area (Å²) in [5.41, 5.74) is 1.27. The molecule has 0 spiro atoms. The van der Waals surface area contributed by atoms with Gasteiger partial charge in [0.25, 0.3) is 0 Å². The molecule has 2 rings (SSSR count). The fourth-order valence-electron chi connectivity index (χ4n) is 2.08. The zero-order valence-corrected chi connectivity index (χ0v) is 13.1. The van der Waals surface area contributed by atoms with Crippen molar-refractivity contribution in [2.45, 2.75) is 20.4 Å². The Morgan fingerprint density at radius 3 is 2.83 bits per heavy atom. The number of nitrogens with one attached hydrogen (secondary N) is 1. The lowest BCUT2D eigenvalue weighted by Crippen LogP contribution is -2.25. The molecule has 1 aromatic heterocycles. The number of hydrogen-bond donors (Lipinski definition) is 1. The summed E-state index contributed by atoms with van der Waals surface area (Å²) in [6.45, 7) is 3.71. The molecule has 0 unspecified atom stereocenters. The van der Waals surface area contributed by atoms with Crippen molar-refractivity contribution >= 4 is 17.4 Å². The Hall–Kier alpha value is -2.90. The highest BCUT2D eigenvalue weighted by Crippen LogP contribution is 2.18. The summed E-state index contributed by atoms with van der Waals surface area (Å²) in [7, 11) is 1.55. The molecule has 23 heavy (non-hydrogen) atoms. The zero-order chi connectivity index (χ0) is 17.0. The van der Waals surface area contributed by atoms with E-state index in [4.69, 9.17) is 4.74 Å². The number of carbonyl (C=O) groups excluding carboxylic acids is 1. The quantitative estimate of drug-likeness (QED) is 0.651. The minimum atomic E-state index is -0.551. The van der Waals surface area contributed by atoms with Crippen LogP contribution in [0.5, 0.6) is 5.75 Å². The van der Waals surface area contributed by atoms with Gasteiger partial charge in [-0.25, -0.2) is 0 Å². The first-order valence-electron chi connectivity index (χ1n) is 7.04. The van der Waals surface area contributed by atoms with E-state index in [0.717, 1.165) is 0 Å². The van der Waals surface area contributed by atoms with Crippen LogP contribution in [0.25, 0.3) is 0 Å². The van der Waals surface area contributed by atoms with Crippen LogP contribution >= 0.6 is 0 Å². The lowest BCUT2D eigenvalue weighted by Gasteiger charge is -2.12. The number of nitro groups is 1. The first-order chi connectivity index (χ1) is 10.9. The molecule has 0 saturated heterocycles. The number of methoxy groups -OCH3 is 1. The number of benzene rings is 1. The van der Waals surface area contributed by atoms with Gasteiger partial charge in [0, 0.05) is 11.8 Å². The van der Waals surface area contributed by atoms with E-state index < -0.39 is 10.8 Å². The van der Waals surface area contributed by atoms with Gasteiger partial charge in [0.2, 0.25) is 5.91 Å². The van der Waals surface area contributed by atoms with Crippen LogP contribution in [0.3, 0.4) is 0 Å². The summed E-state index contributed by atoms with van der Waals surface area (Å²) in [5.74, 6) is -0.174. The summed E-state index contributed by atoms with van der Waals surface area (Å²) in [6.07, 6.45) is 0. The van der Waals surface area contributed by atoms with Crippen molar-refractivity contribution in [3.63, 3.8) is 0 Å². The molecule has 122 valence electrons. The number of amides is 1. The predicted molar refractivity (Wildman–Crippen MR) is 84.4 cm³/mol. The van der Waals surface area contributed by atoms with Crippen molar-refractivity contribution in [3.8, 4) is 5.75 Å². The van der Waals surface area contributed by atoms with Gasteiger partial charge in [-0.1, -0.05) is 13.0 Å². The molecule has 1 heterocycles. The summed E-state index contributed by atoms with van der Waals surface area (Å²) in [5, 5.41) is 17.4. The van der Waals surface area contributed by atoms with Crippen LogP contribution in [-0.2, 0) is 11.3 Å². The highest BCUT2D eigenvalue weighted by atomic mass is 16.6. The average Bonchev–Trinajstić information content (AvgIpc) is 2.88. The topological polar surface area (TPSA) is 99.3 Å². The molecule has 1 aromatic carbocycles. The molecule has 1 amide bonds. The zero-order valence-electron chi connectivity index (χ0n) is 13.1. The average molecular weight is 318 g/mol. The lowest BCUT2D eigenvalue weighted by molar-refractivity contribution is -0.389. The van der Waals surface area contributed by atoms with E-state index in [1.807, 2.05) is 0 Å². The Kier molecular flexibility index (Phi) is 4.95. The van der Waals surface area contributed by atoms with E-state index >= 15 is 0 Å². The van der Waals surface area contributed by atoms with Crippen LogP contribution in [0.4, 0.5) is 11.5 Å². The summed E-state index contributed by atoms with van der Waals surface area (Å²) < 4.78 is 6.57. The minimum Gasteiger partial charge on any atom is -0.497 e. The number of anilines is 1. The van der Waals surface area contributed by atoms with E-state index in [1.54, 1.807) is 45.2 Å². The molecule has 0 aliphatic carbocycles. The second-order valence-electron chi connectivity index (χ2n) is 5.21. The van der Waals surface area contributed by atoms with Crippen LogP contribution < -0.4 is 10.1 Å². The number of nitrogens with zero attached hydrogens (tertiary/aromatic N) is 3. The summed E-state index contributed by atoms with van der Waals surface area (Å²) in [6, 6.07) is 8.42. The molecule has 1 N–H and O–H groups in total. The normalized spacial score (nSPS) is 11.8. The van der Waals surface area contributed by atoms with Crippen LogP contribution in [0, 0.1) is 23.0 Å². The van der Waals surface area contributed by atoms with Crippen LogP contribution in [0.15, 0.2) is 30.3 Å². The Labute approximate surface area is 133 Å². The van der Waals surface area contributed by atoms with E-state index in [9.17, 15) is 14.9 Å². The van der Waals surface area contributed by atoms with Crippen LogP contribution in [-0.4, -0.2) is 27.7 Å². The fourth-order valence-corrected chi connectivity index (χ4v) is 2.08. The molecule has 0 aliphatic heterocycles. The van der Waals surface area contributed by atoms with Gasteiger partial charge >= 0.3 is 5.82 Å². The van der Waals surface area contributed by atoms with Crippen molar-refractivity contribution in [3.05, 3.63) is 46.1 Å². The molecule has 0 fully saturated rings. The third-order valence-electron chi connectivity index (χ3n) is 3.39. The SMILES string of the molecule is COc1cccc(NC(=O)[C@@H](C)Cn2nc([N+](=O)[O-])cc2C)c1. The van der Waals surface area contributed by atoms with Gasteiger partial charge in [0.1, 0.15) is 5.75 Å². The fraction of sp³-hybridized carbons (Fsp3) is 0.333. The molecule has 0 saturated carbocycles. The summed E-state index contributed by atoms with van der Waals surface area (Å²) in [4.78, 5) is 22.4. The van der Waals surface area contributed by atoms with E-state index in [-0.39, 0.29) is 18.3 Å². The van der Waals surface area contributed by atoms with E-state index in [1.165, 1.54) is 10.7 Å². The van der Waals surface area contributed by atoms with Crippen LogP contribution in [0.2, 0.25) is 0 Å². The molecule has 0 aliphatic rings. The summed E-state index contributed by atoms with van der Waals surface area (Å²) >= 11 is 0. The van der Waals surface area contributed by atoms with Crippen molar-refractivity contribution in [1.82, 2.24) is 9.78 Å². The molecular formula is C15H18N4O4. The first kappa shape index (κ1) is 16.5. The van der Waals surface area contributed by atoms with Gasteiger partial charge in [0.15, 0.2) is 0 Å². The highest BCUT2D eigenvalue weighted by molar-refractivity contribution is 5.92. The smallest absolute Gasteiger partial charge is 0.390 e. The maximum Gasteiger partial charge on any atom is 0.390 e. The van der Waals surface area contributed by atoms with E-state index in [2.05, 4.69) is 10.4 Å². The molecule has 2 aromatic rings. The minimum absolute atomic E-state index is 0.198. The Morgan fingerprint density at radius 2 is 2.22 bits per heavy atom. The van der Waals surface area contributed by atoms with E-state index in [0.29, 0.717) is 17.1 Å². The Bertz CT molecular complexity index is 726. The Balaban J connectivity index is 2.03. The number of aromatic nitrogens is 2. The van der Waals surface area contributed by atoms with Crippen molar-refractivity contribution < 1.29 is 14.5 Å². The number of hydrogen-bond acceptors (Lipinski definition) is 5. The third kappa shape index (κ3) is 4.06.